The summed E-state index contributed by atoms with van der Waals surface area (Å²) in [5, 5.41) is 4.03. The molecule has 2 atom stereocenters. The average Bonchev–Trinajstić information content (AvgIpc) is 3.38. The summed E-state index contributed by atoms with van der Waals surface area (Å²) >= 11 is 0. The van der Waals surface area contributed by atoms with Gasteiger partial charge in [0.15, 0.2) is 5.60 Å². The van der Waals surface area contributed by atoms with Crippen molar-refractivity contribution in [2.45, 2.75) is 43.6 Å². The Morgan fingerprint density at radius 3 is 2.50 bits per heavy atom. The number of nitrogens with zero attached hydrogens (tertiary/aromatic N) is 4. The number of carbonyl (C=O) groups excluding carboxylic acids is 2. The lowest BCUT2D eigenvalue weighted by Gasteiger charge is -2.37. The number of carbonyl (C=O) groups is 2. The molecule has 7 nitrogen and oxygen atoms in total. The maximum absolute atomic E-state index is 13.7. The molecule has 2 amide bonds. The third-order valence-corrected chi connectivity index (χ3v) is 6.49. The van der Waals surface area contributed by atoms with Crippen molar-refractivity contribution in [2.24, 2.45) is 7.05 Å². The molecule has 9 heteroatoms. The lowest BCUT2D eigenvalue weighted by atomic mass is 9.89. The molecule has 3 aliphatic heterocycles. The first kappa shape index (κ1) is 19.2. The number of ether oxygens (including phenoxy) is 1. The number of hydrogen-bond acceptors (Lipinski definition) is 4. The number of aromatic nitrogens is 2. The van der Waals surface area contributed by atoms with Crippen molar-refractivity contribution in [3.8, 4) is 0 Å². The van der Waals surface area contributed by atoms with Gasteiger partial charge in [0.1, 0.15) is 23.6 Å². The van der Waals surface area contributed by atoms with E-state index in [2.05, 4.69) is 5.10 Å². The first-order chi connectivity index (χ1) is 14.4. The number of benzene rings is 1. The Bertz CT molecular complexity index is 995. The molecule has 3 fully saturated rings. The predicted molar refractivity (Wildman–Crippen MR) is 101 cm³/mol. The van der Waals surface area contributed by atoms with Gasteiger partial charge in [-0.2, -0.15) is 5.10 Å². The van der Waals surface area contributed by atoms with E-state index >= 15 is 0 Å². The zero-order valence-electron chi connectivity index (χ0n) is 16.6. The molecular formula is C21H22F2N4O3. The van der Waals surface area contributed by atoms with Gasteiger partial charge in [-0.25, -0.2) is 8.78 Å². The summed E-state index contributed by atoms with van der Waals surface area (Å²) in [6.45, 7) is 0.797. The quantitative estimate of drug-likeness (QED) is 0.754. The van der Waals surface area contributed by atoms with Gasteiger partial charge < -0.3 is 14.5 Å². The fourth-order valence-electron chi connectivity index (χ4n) is 4.96. The molecule has 0 radical (unpaired) electrons. The van der Waals surface area contributed by atoms with Crippen molar-refractivity contribution in [3.63, 3.8) is 0 Å². The zero-order valence-corrected chi connectivity index (χ0v) is 16.6. The normalized spacial score (nSPS) is 25.2. The number of hydrogen-bond donors (Lipinski definition) is 0. The second-order valence-electron chi connectivity index (χ2n) is 8.21. The van der Waals surface area contributed by atoms with E-state index in [-0.39, 0.29) is 11.8 Å². The van der Waals surface area contributed by atoms with E-state index < -0.39 is 29.5 Å². The molecule has 0 N–H and O–H groups in total. The van der Waals surface area contributed by atoms with E-state index in [1.807, 2.05) is 0 Å². The molecule has 3 saturated heterocycles. The number of fused-ring (bicyclic) bond motifs is 1. The second kappa shape index (κ2) is 6.87. The van der Waals surface area contributed by atoms with Crippen LogP contribution in [-0.2, 0) is 16.6 Å². The molecule has 3 aliphatic rings. The number of amides is 2. The minimum atomic E-state index is -0.974. The largest absolute Gasteiger partial charge is 0.342 e. The fraction of sp³-hybridized carbons (Fsp3) is 0.476. The molecule has 30 heavy (non-hydrogen) atoms. The van der Waals surface area contributed by atoms with Crippen molar-refractivity contribution in [3.05, 3.63) is 53.4 Å². The molecule has 0 unspecified atom stereocenters. The maximum atomic E-state index is 13.7. The summed E-state index contributed by atoms with van der Waals surface area (Å²) < 4.78 is 35.2. The Balaban J connectivity index is 1.33. The van der Waals surface area contributed by atoms with E-state index in [9.17, 15) is 18.4 Å². The molecule has 4 heterocycles. The third-order valence-electron chi connectivity index (χ3n) is 6.49. The van der Waals surface area contributed by atoms with Crippen LogP contribution in [0.3, 0.4) is 0 Å². The molecule has 0 aliphatic carbocycles. The van der Waals surface area contributed by atoms with E-state index in [1.165, 1.54) is 16.8 Å². The molecule has 1 aromatic heterocycles. The summed E-state index contributed by atoms with van der Waals surface area (Å²) in [4.78, 5) is 29.4. The molecule has 158 valence electrons. The van der Waals surface area contributed by atoms with Gasteiger partial charge >= 0.3 is 0 Å². The van der Waals surface area contributed by atoms with Crippen molar-refractivity contribution in [1.82, 2.24) is 19.6 Å². The van der Waals surface area contributed by atoms with Crippen LogP contribution in [0.15, 0.2) is 30.5 Å². The van der Waals surface area contributed by atoms with Gasteiger partial charge in [0.25, 0.3) is 11.8 Å². The van der Waals surface area contributed by atoms with Gasteiger partial charge in [0.05, 0.1) is 6.04 Å². The van der Waals surface area contributed by atoms with Crippen LogP contribution in [0, 0.1) is 11.6 Å². The molecule has 1 aromatic carbocycles. The van der Waals surface area contributed by atoms with Crippen molar-refractivity contribution >= 4 is 11.8 Å². The Morgan fingerprint density at radius 1 is 1.17 bits per heavy atom. The second-order valence-corrected chi connectivity index (χ2v) is 8.21. The lowest BCUT2D eigenvalue weighted by Crippen LogP contribution is -2.51. The summed E-state index contributed by atoms with van der Waals surface area (Å²) in [5.74, 6) is -1.58. The Morgan fingerprint density at radius 2 is 1.87 bits per heavy atom. The topological polar surface area (TPSA) is 67.7 Å². The molecular weight excluding hydrogens is 394 g/mol. The average molecular weight is 416 g/mol. The van der Waals surface area contributed by atoms with Crippen LogP contribution in [0.2, 0.25) is 0 Å². The Kier molecular flexibility index (Phi) is 4.39. The minimum Gasteiger partial charge on any atom is -0.342 e. The molecule has 5 rings (SSSR count). The number of rotatable bonds is 2. The smallest absolute Gasteiger partial charge is 0.272 e. The van der Waals surface area contributed by atoms with Gasteiger partial charge in [-0.15, -0.1) is 0 Å². The molecule has 0 bridgehead atoms. The van der Waals surface area contributed by atoms with Crippen LogP contribution in [0.4, 0.5) is 8.78 Å². The van der Waals surface area contributed by atoms with Crippen LogP contribution in [-0.4, -0.2) is 56.3 Å². The van der Waals surface area contributed by atoms with Crippen LogP contribution < -0.4 is 0 Å². The standard InChI is InChI=1S/C21H22F2N4O3/c1-25-17(4-7-24-25)19(28)26-8-5-21(6-9-26)20(29)27-16(2-3-18(27)30-21)13-10-14(22)12-15(23)11-13/h4,7,10-12,16,18H,2-3,5-6,8-9H2,1H3/t16-,18+/m0/s1. The highest BCUT2D eigenvalue weighted by Gasteiger charge is 2.58. The lowest BCUT2D eigenvalue weighted by molar-refractivity contribution is -0.142. The van der Waals surface area contributed by atoms with Gasteiger partial charge in [0.2, 0.25) is 0 Å². The van der Waals surface area contributed by atoms with E-state index in [0.717, 1.165) is 6.07 Å². The van der Waals surface area contributed by atoms with Crippen molar-refractivity contribution < 1.29 is 23.1 Å². The van der Waals surface area contributed by atoms with Crippen LogP contribution in [0.5, 0.6) is 0 Å². The molecule has 2 aromatic rings. The van der Waals surface area contributed by atoms with Gasteiger partial charge in [-0.3, -0.25) is 14.3 Å². The van der Waals surface area contributed by atoms with Gasteiger partial charge in [0, 0.05) is 45.2 Å². The van der Waals surface area contributed by atoms with Gasteiger partial charge in [-0.05, 0) is 36.6 Å². The third kappa shape index (κ3) is 2.91. The van der Waals surface area contributed by atoms with Crippen molar-refractivity contribution in [2.75, 3.05) is 13.1 Å². The van der Waals surface area contributed by atoms with E-state index in [1.54, 1.807) is 29.1 Å². The number of likely N-dealkylation sites (tertiary alicyclic amines) is 1. The van der Waals surface area contributed by atoms with E-state index in [0.29, 0.717) is 50.0 Å². The zero-order chi connectivity index (χ0) is 21.0. The number of piperidine rings is 1. The highest BCUT2D eigenvalue weighted by molar-refractivity contribution is 5.93. The maximum Gasteiger partial charge on any atom is 0.272 e. The monoisotopic (exact) mass is 416 g/mol. The van der Waals surface area contributed by atoms with Crippen LogP contribution in [0.1, 0.15) is 47.8 Å². The minimum absolute atomic E-state index is 0.121. The number of halogens is 2. The van der Waals surface area contributed by atoms with Crippen LogP contribution >= 0.6 is 0 Å². The molecule has 1 spiro atoms. The highest BCUT2D eigenvalue weighted by Crippen LogP contribution is 2.47. The highest BCUT2D eigenvalue weighted by atomic mass is 19.1. The van der Waals surface area contributed by atoms with Crippen molar-refractivity contribution in [1.29, 1.82) is 0 Å². The Hall–Kier alpha value is -2.81. The van der Waals surface area contributed by atoms with E-state index in [4.69, 9.17) is 4.74 Å². The first-order valence-electron chi connectivity index (χ1n) is 10.1. The Labute approximate surface area is 172 Å². The first-order valence-corrected chi connectivity index (χ1v) is 10.1. The fourth-order valence-corrected chi connectivity index (χ4v) is 4.96. The summed E-state index contributed by atoms with van der Waals surface area (Å²) in [6.07, 6.45) is 3.19. The van der Waals surface area contributed by atoms with Crippen LogP contribution in [0.25, 0.3) is 0 Å². The number of aryl methyl sites for hydroxylation is 1. The SMILES string of the molecule is Cn1nccc1C(=O)N1CCC2(CC1)O[C@@H]1CC[C@@H](c3cc(F)cc(F)c3)N1C2=O. The molecule has 0 saturated carbocycles. The predicted octanol–water partition coefficient (Wildman–Crippen LogP) is 2.39. The van der Waals surface area contributed by atoms with Gasteiger partial charge in [-0.1, -0.05) is 0 Å². The summed E-state index contributed by atoms with van der Waals surface area (Å²) in [7, 11) is 1.71. The summed E-state index contributed by atoms with van der Waals surface area (Å²) in [6, 6.07) is 4.66. The summed E-state index contributed by atoms with van der Waals surface area (Å²) in [5.41, 5.74) is -0.0235.